The van der Waals surface area contributed by atoms with Crippen molar-refractivity contribution in [2.24, 2.45) is 0 Å². The van der Waals surface area contributed by atoms with E-state index < -0.39 is 0 Å². The van der Waals surface area contributed by atoms with Crippen LogP contribution in [0.15, 0.2) is 24.3 Å². The van der Waals surface area contributed by atoms with Gasteiger partial charge < -0.3 is 5.11 Å². The Hall–Kier alpha value is -0.250. The molecule has 0 radical (unpaired) electrons. The number of phenols is 1. The molecule has 1 aromatic rings. The van der Waals surface area contributed by atoms with Gasteiger partial charge in [0.15, 0.2) is 0 Å². The predicted octanol–water partition coefficient (Wildman–Crippen LogP) is 2.33. The Kier molecular flexibility index (Phi) is 2.33. The standard InChI is InChI=1S/C7H7IO/c8-5-6-3-1-2-4-7(6)9/h1-4,9H,5H2. The van der Waals surface area contributed by atoms with E-state index in [-0.39, 0.29) is 0 Å². The molecule has 0 aliphatic heterocycles. The minimum atomic E-state index is 0.395. The average Bonchev–Trinajstić information content (AvgIpc) is 1.89. The molecule has 0 fully saturated rings. The van der Waals surface area contributed by atoms with Crippen LogP contribution < -0.4 is 0 Å². The topological polar surface area (TPSA) is 20.2 Å². The predicted molar refractivity (Wildman–Crippen MR) is 45.8 cm³/mol. The Bertz CT molecular complexity index is 198. The number of para-hydroxylation sites is 1. The van der Waals surface area contributed by atoms with Crippen LogP contribution in [0.2, 0.25) is 0 Å². The maximum atomic E-state index is 9.11. The molecule has 0 heterocycles. The van der Waals surface area contributed by atoms with Crippen molar-refractivity contribution in [1.82, 2.24) is 0 Å². The smallest absolute Gasteiger partial charge is 0.119 e. The van der Waals surface area contributed by atoms with Crippen molar-refractivity contribution in [2.75, 3.05) is 0 Å². The van der Waals surface area contributed by atoms with E-state index in [1.165, 1.54) is 0 Å². The summed E-state index contributed by atoms with van der Waals surface area (Å²) in [6, 6.07) is 7.37. The van der Waals surface area contributed by atoms with Crippen LogP contribution in [-0.4, -0.2) is 5.11 Å². The van der Waals surface area contributed by atoms with Gasteiger partial charge in [0.1, 0.15) is 5.75 Å². The van der Waals surface area contributed by atoms with Crippen molar-refractivity contribution in [3.63, 3.8) is 0 Å². The number of phenolic OH excluding ortho intramolecular Hbond substituents is 1. The second kappa shape index (κ2) is 3.06. The maximum absolute atomic E-state index is 9.11. The first-order valence-corrected chi connectivity index (χ1v) is 4.20. The van der Waals surface area contributed by atoms with Crippen molar-refractivity contribution in [1.29, 1.82) is 0 Å². The Morgan fingerprint density at radius 1 is 1.33 bits per heavy atom. The van der Waals surface area contributed by atoms with Gasteiger partial charge in [-0.1, -0.05) is 40.8 Å². The number of alkyl halides is 1. The second-order valence-corrected chi connectivity index (χ2v) is 2.53. The molecule has 0 atom stereocenters. The lowest BCUT2D eigenvalue weighted by atomic mass is 10.2. The minimum Gasteiger partial charge on any atom is -0.508 e. The zero-order chi connectivity index (χ0) is 6.69. The summed E-state index contributed by atoms with van der Waals surface area (Å²) < 4.78 is 0.866. The lowest BCUT2D eigenvalue weighted by molar-refractivity contribution is 0.471. The third-order valence-electron chi connectivity index (χ3n) is 1.14. The molecule has 0 aliphatic rings. The molecule has 1 N–H and O–H groups in total. The molecule has 0 saturated carbocycles. The van der Waals surface area contributed by atoms with E-state index in [0.717, 1.165) is 9.99 Å². The summed E-state index contributed by atoms with van der Waals surface area (Å²) in [4.78, 5) is 0. The van der Waals surface area contributed by atoms with Crippen LogP contribution in [0.1, 0.15) is 5.56 Å². The highest BCUT2D eigenvalue weighted by atomic mass is 127. The van der Waals surface area contributed by atoms with E-state index in [1.807, 2.05) is 18.2 Å². The van der Waals surface area contributed by atoms with E-state index in [1.54, 1.807) is 6.07 Å². The maximum Gasteiger partial charge on any atom is 0.119 e. The van der Waals surface area contributed by atoms with E-state index >= 15 is 0 Å². The number of rotatable bonds is 1. The Labute approximate surface area is 67.9 Å². The van der Waals surface area contributed by atoms with Crippen molar-refractivity contribution in [3.05, 3.63) is 29.8 Å². The van der Waals surface area contributed by atoms with E-state index in [2.05, 4.69) is 22.6 Å². The van der Waals surface area contributed by atoms with Crippen molar-refractivity contribution in [3.8, 4) is 5.75 Å². The summed E-state index contributed by atoms with van der Waals surface area (Å²) in [6.07, 6.45) is 0. The van der Waals surface area contributed by atoms with Gasteiger partial charge in [-0.05, 0) is 6.07 Å². The highest BCUT2D eigenvalue weighted by molar-refractivity contribution is 14.1. The molecule has 0 bridgehead atoms. The number of halogens is 1. The van der Waals surface area contributed by atoms with Crippen molar-refractivity contribution < 1.29 is 5.11 Å². The molecule has 0 unspecified atom stereocenters. The lowest BCUT2D eigenvalue weighted by Gasteiger charge is -1.96. The van der Waals surface area contributed by atoms with Crippen LogP contribution in [-0.2, 0) is 4.43 Å². The van der Waals surface area contributed by atoms with Gasteiger partial charge in [0.25, 0.3) is 0 Å². The molecule has 0 saturated heterocycles. The average molecular weight is 234 g/mol. The number of hydrogen-bond donors (Lipinski definition) is 1. The molecule has 48 valence electrons. The molecule has 1 rings (SSSR count). The molecule has 0 aromatic heterocycles. The van der Waals surface area contributed by atoms with Crippen LogP contribution in [0.5, 0.6) is 5.75 Å². The van der Waals surface area contributed by atoms with Crippen LogP contribution in [0, 0.1) is 0 Å². The summed E-state index contributed by atoms with van der Waals surface area (Å²) in [5.74, 6) is 0.395. The SMILES string of the molecule is Oc1ccccc1CI. The van der Waals surface area contributed by atoms with Crippen LogP contribution in [0.4, 0.5) is 0 Å². The molecule has 0 aliphatic carbocycles. The Balaban J connectivity index is 3.01. The highest BCUT2D eigenvalue weighted by Gasteiger charge is 1.93. The fourth-order valence-electron chi connectivity index (χ4n) is 0.624. The van der Waals surface area contributed by atoms with Gasteiger partial charge in [0.05, 0.1) is 0 Å². The van der Waals surface area contributed by atoms with Crippen LogP contribution in [0.25, 0.3) is 0 Å². The van der Waals surface area contributed by atoms with E-state index in [4.69, 9.17) is 5.11 Å². The number of aromatic hydroxyl groups is 1. The van der Waals surface area contributed by atoms with E-state index in [9.17, 15) is 0 Å². The first kappa shape index (κ1) is 6.86. The molecular weight excluding hydrogens is 227 g/mol. The van der Waals surface area contributed by atoms with Crippen molar-refractivity contribution in [2.45, 2.75) is 4.43 Å². The molecule has 2 heteroatoms. The summed E-state index contributed by atoms with van der Waals surface area (Å²) >= 11 is 2.22. The van der Waals surface area contributed by atoms with E-state index in [0.29, 0.717) is 5.75 Å². The normalized spacial score (nSPS) is 9.44. The van der Waals surface area contributed by atoms with Gasteiger partial charge in [-0.25, -0.2) is 0 Å². The second-order valence-electron chi connectivity index (χ2n) is 1.76. The zero-order valence-corrected chi connectivity index (χ0v) is 7.00. The van der Waals surface area contributed by atoms with Crippen LogP contribution >= 0.6 is 22.6 Å². The highest BCUT2D eigenvalue weighted by Crippen LogP contribution is 2.17. The van der Waals surface area contributed by atoms with Gasteiger partial charge >= 0.3 is 0 Å². The van der Waals surface area contributed by atoms with Gasteiger partial charge in [0, 0.05) is 9.99 Å². The van der Waals surface area contributed by atoms with Gasteiger partial charge in [-0.15, -0.1) is 0 Å². The molecule has 9 heavy (non-hydrogen) atoms. The Morgan fingerprint density at radius 3 is 2.44 bits per heavy atom. The molecule has 0 amide bonds. The fourth-order valence-corrected chi connectivity index (χ4v) is 1.27. The van der Waals surface area contributed by atoms with Crippen LogP contribution in [0.3, 0.4) is 0 Å². The summed E-state index contributed by atoms with van der Waals surface area (Å²) in [6.45, 7) is 0. The largest absolute Gasteiger partial charge is 0.508 e. The monoisotopic (exact) mass is 234 g/mol. The summed E-state index contributed by atoms with van der Waals surface area (Å²) in [5, 5.41) is 9.11. The molecule has 0 spiro atoms. The zero-order valence-electron chi connectivity index (χ0n) is 4.84. The summed E-state index contributed by atoms with van der Waals surface area (Å²) in [5.41, 5.74) is 0.998. The quantitative estimate of drug-likeness (QED) is 0.584. The molecule has 1 aromatic carbocycles. The number of hydrogen-bond acceptors (Lipinski definition) is 1. The number of benzene rings is 1. The van der Waals surface area contributed by atoms with Gasteiger partial charge in [-0.3, -0.25) is 0 Å². The van der Waals surface area contributed by atoms with Gasteiger partial charge in [-0.2, -0.15) is 0 Å². The van der Waals surface area contributed by atoms with Crippen molar-refractivity contribution >= 4 is 22.6 Å². The Morgan fingerprint density at radius 2 is 2.00 bits per heavy atom. The minimum absolute atomic E-state index is 0.395. The third kappa shape index (κ3) is 1.58. The molecule has 1 nitrogen and oxygen atoms in total. The molecular formula is C7H7IO. The fraction of sp³-hybridized carbons (Fsp3) is 0.143. The first-order chi connectivity index (χ1) is 4.34. The van der Waals surface area contributed by atoms with Gasteiger partial charge in [0.2, 0.25) is 0 Å². The third-order valence-corrected chi connectivity index (χ3v) is 1.96. The first-order valence-electron chi connectivity index (χ1n) is 2.67. The lowest BCUT2D eigenvalue weighted by Crippen LogP contribution is -1.75. The summed E-state index contributed by atoms with van der Waals surface area (Å²) in [7, 11) is 0.